The summed E-state index contributed by atoms with van der Waals surface area (Å²) in [5, 5.41) is 15.3. The molecule has 3 heterocycles. The summed E-state index contributed by atoms with van der Waals surface area (Å²) in [5.41, 5.74) is 4.90. The molecule has 7 heteroatoms. The second-order valence-electron chi connectivity index (χ2n) is 5.68. The van der Waals surface area contributed by atoms with Gasteiger partial charge in [0.1, 0.15) is 5.69 Å². The van der Waals surface area contributed by atoms with Crippen molar-refractivity contribution < 1.29 is 4.52 Å². The Hall–Kier alpha value is -3.22. The van der Waals surface area contributed by atoms with E-state index in [0.29, 0.717) is 24.0 Å². The normalized spacial score (nSPS) is 11.1. The summed E-state index contributed by atoms with van der Waals surface area (Å²) in [6.45, 7) is 4.76. The number of hydrogen-bond acceptors (Lipinski definition) is 5. The van der Waals surface area contributed by atoms with Gasteiger partial charge in [0.2, 0.25) is 5.82 Å². The highest BCUT2D eigenvalue weighted by atomic mass is 16.5. The molecule has 0 saturated carbocycles. The molecule has 7 nitrogen and oxygen atoms in total. The average Bonchev–Trinajstić information content (AvgIpc) is 3.29. The van der Waals surface area contributed by atoms with Crippen LogP contribution in [0.2, 0.25) is 0 Å². The van der Waals surface area contributed by atoms with Gasteiger partial charge in [-0.2, -0.15) is 15.2 Å². The third kappa shape index (κ3) is 2.71. The van der Waals surface area contributed by atoms with Gasteiger partial charge >= 0.3 is 0 Å². The molecular weight excluding hydrogens is 304 g/mol. The number of H-pyrrole nitrogens is 1. The van der Waals surface area contributed by atoms with E-state index in [4.69, 9.17) is 4.52 Å². The third-order valence-electron chi connectivity index (χ3n) is 3.78. The maximum atomic E-state index is 5.29. The molecule has 0 bridgehead atoms. The SMILES string of the molecule is Cc1cc(C)n(Cc2cccc(-c3noc(-c4ccn[nH]4)n3)c2)n1. The Morgan fingerprint density at radius 1 is 1.17 bits per heavy atom. The van der Waals surface area contributed by atoms with E-state index < -0.39 is 0 Å². The summed E-state index contributed by atoms with van der Waals surface area (Å²) >= 11 is 0. The fraction of sp³-hybridized carbons (Fsp3) is 0.176. The number of hydrogen-bond donors (Lipinski definition) is 1. The largest absolute Gasteiger partial charge is 0.332 e. The number of benzene rings is 1. The van der Waals surface area contributed by atoms with E-state index in [0.717, 1.165) is 22.5 Å². The van der Waals surface area contributed by atoms with E-state index in [1.807, 2.05) is 23.7 Å². The maximum Gasteiger partial charge on any atom is 0.276 e. The summed E-state index contributed by atoms with van der Waals surface area (Å²) < 4.78 is 7.28. The highest BCUT2D eigenvalue weighted by molar-refractivity contribution is 5.58. The van der Waals surface area contributed by atoms with Gasteiger partial charge in [-0.05, 0) is 37.6 Å². The van der Waals surface area contributed by atoms with Gasteiger partial charge in [0.05, 0.1) is 12.2 Å². The lowest BCUT2D eigenvalue weighted by Crippen LogP contribution is -2.04. The Bertz CT molecular complexity index is 967. The lowest BCUT2D eigenvalue weighted by molar-refractivity contribution is 0.431. The first-order chi connectivity index (χ1) is 11.7. The minimum absolute atomic E-state index is 0.423. The topological polar surface area (TPSA) is 85.4 Å². The monoisotopic (exact) mass is 320 g/mol. The lowest BCUT2D eigenvalue weighted by atomic mass is 10.1. The van der Waals surface area contributed by atoms with Crippen molar-refractivity contribution in [3.05, 3.63) is 59.5 Å². The Morgan fingerprint density at radius 2 is 2.08 bits per heavy atom. The third-order valence-corrected chi connectivity index (χ3v) is 3.78. The standard InChI is InChI=1S/C17H16N6O/c1-11-8-12(2)23(21-11)10-13-4-3-5-14(9-13)16-19-17(24-22-16)15-6-7-18-20-15/h3-9H,10H2,1-2H3,(H,18,20). The molecule has 24 heavy (non-hydrogen) atoms. The first-order valence-electron chi connectivity index (χ1n) is 7.63. The van der Waals surface area contributed by atoms with Crippen molar-refractivity contribution in [2.24, 2.45) is 0 Å². The molecule has 0 unspecified atom stereocenters. The van der Waals surface area contributed by atoms with Crippen LogP contribution in [-0.4, -0.2) is 30.1 Å². The Labute approximate surface area is 138 Å². The minimum atomic E-state index is 0.423. The summed E-state index contributed by atoms with van der Waals surface area (Å²) in [5.74, 6) is 0.973. The van der Waals surface area contributed by atoms with Gasteiger partial charge in [0.25, 0.3) is 5.89 Å². The van der Waals surface area contributed by atoms with Crippen molar-refractivity contribution in [1.29, 1.82) is 0 Å². The Kier molecular flexibility index (Phi) is 3.45. The number of aromatic nitrogens is 6. The molecule has 0 fully saturated rings. The fourth-order valence-electron chi connectivity index (χ4n) is 2.64. The zero-order valence-corrected chi connectivity index (χ0v) is 13.4. The quantitative estimate of drug-likeness (QED) is 0.625. The smallest absolute Gasteiger partial charge is 0.276 e. The van der Waals surface area contributed by atoms with Crippen molar-refractivity contribution in [1.82, 2.24) is 30.1 Å². The van der Waals surface area contributed by atoms with Crippen LogP contribution in [-0.2, 0) is 6.54 Å². The highest BCUT2D eigenvalue weighted by Gasteiger charge is 2.12. The molecule has 0 aliphatic rings. The van der Waals surface area contributed by atoms with Gasteiger partial charge < -0.3 is 4.52 Å². The number of rotatable bonds is 4. The van der Waals surface area contributed by atoms with Gasteiger partial charge in [0.15, 0.2) is 0 Å². The van der Waals surface area contributed by atoms with E-state index in [2.05, 4.69) is 50.6 Å². The van der Waals surface area contributed by atoms with Gasteiger partial charge in [0, 0.05) is 17.5 Å². The van der Waals surface area contributed by atoms with E-state index in [-0.39, 0.29) is 0 Å². The minimum Gasteiger partial charge on any atom is -0.332 e. The van der Waals surface area contributed by atoms with Gasteiger partial charge in [-0.15, -0.1) is 0 Å². The van der Waals surface area contributed by atoms with Gasteiger partial charge in [-0.3, -0.25) is 9.78 Å². The summed E-state index contributed by atoms with van der Waals surface area (Å²) in [6, 6.07) is 11.9. The fourth-order valence-corrected chi connectivity index (χ4v) is 2.64. The van der Waals surface area contributed by atoms with E-state index in [1.165, 1.54) is 0 Å². The van der Waals surface area contributed by atoms with Crippen LogP contribution in [0.4, 0.5) is 0 Å². The van der Waals surface area contributed by atoms with E-state index in [1.54, 1.807) is 12.3 Å². The summed E-state index contributed by atoms with van der Waals surface area (Å²) in [4.78, 5) is 4.42. The van der Waals surface area contributed by atoms with Crippen LogP contribution >= 0.6 is 0 Å². The van der Waals surface area contributed by atoms with Crippen LogP contribution in [0.3, 0.4) is 0 Å². The molecule has 1 aromatic carbocycles. The molecule has 0 saturated heterocycles. The van der Waals surface area contributed by atoms with Crippen molar-refractivity contribution in [3.8, 4) is 23.0 Å². The van der Waals surface area contributed by atoms with Crippen LogP contribution < -0.4 is 0 Å². The van der Waals surface area contributed by atoms with Crippen LogP contribution in [0, 0.1) is 13.8 Å². The second kappa shape index (κ2) is 5.77. The predicted molar refractivity (Wildman–Crippen MR) is 88.1 cm³/mol. The van der Waals surface area contributed by atoms with E-state index in [9.17, 15) is 0 Å². The molecule has 0 amide bonds. The van der Waals surface area contributed by atoms with Crippen molar-refractivity contribution in [2.75, 3.05) is 0 Å². The number of nitrogens with one attached hydrogen (secondary N) is 1. The van der Waals surface area contributed by atoms with Crippen LogP contribution in [0.15, 0.2) is 47.1 Å². The summed E-state index contributed by atoms with van der Waals surface area (Å²) in [7, 11) is 0. The maximum absolute atomic E-state index is 5.29. The summed E-state index contributed by atoms with van der Waals surface area (Å²) in [6.07, 6.45) is 1.65. The zero-order valence-electron chi connectivity index (χ0n) is 13.4. The van der Waals surface area contributed by atoms with E-state index >= 15 is 0 Å². The predicted octanol–water partition coefficient (Wildman–Crippen LogP) is 2.99. The molecule has 0 radical (unpaired) electrons. The van der Waals surface area contributed by atoms with Gasteiger partial charge in [-0.25, -0.2) is 0 Å². The first-order valence-corrected chi connectivity index (χ1v) is 7.63. The van der Waals surface area contributed by atoms with Crippen LogP contribution in [0.25, 0.3) is 23.0 Å². The second-order valence-corrected chi connectivity index (χ2v) is 5.68. The first kappa shape index (κ1) is 14.4. The molecule has 0 aliphatic carbocycles. The highest BCUT2D eigenvalue weighted by Crippen LogP contribution is 2.21. The molecule has 120 valence electrons. The number of nitrogens with zero attached hydrogens (tertiary/aromatic N) is 5. The van der Waals surface area contributed by atoms with Crippen molar-refractivity contribution in [2.45, 2.75) is 20.4 Å². The number of aryl methyl sites for hydroxylation is 2. The van der Waals surface area contributed by atoms with Crippen molar-refractivity contribution >= 4 is 0 Å². The molecule has 1 N–H and O–H groups in total. The molecule has 4 aromatic rings. The van der Waals surface area contributed by atoms with Crippen molar-refractivity contribution in [3.63, 3.8) is 0 Å². The Balaban J connectivity index is 1.62. The molecule has 0 aliphatic heterocycles. The molecular formula is C17H16N6O. The van der Waals surface area contributed by atoms with Gasteiger partial charge in [-0.1, -0.05) is 23.4 Å². The average molecular weight is 320 g/mol. The molecule has 4 rings (SSSR count). The molecule has 0 atom stereocenters. The number of aromatic amines is 1. The molecule has 0 spiro atoms. The lowest BCUT2D eigenvalue weighted by Gasteiger charge is -2.05. The van der Waals surface area contributed by atoms with Crippen LogP contribution in [0.1, 0.15) is 17.0 Å². The molecule has 3 aromatic heterocycles. The van der Waals surface area contributed by atoms with Crippen LogP contribution in [0.5, 0.6) is 0 Å². The Morgan fingerprint density at radius 3 is 2.83 bits per heavy atom. The zero-order chi connectivity index (χ0) is 16.5.